The van der Waals surface area contributed by atoms with Gasteiger partial charge in [0.25, 0.3) is 0 Å². The Balaban J connectivity index is 1.81. The highest BCUT2D eigenvalue weighted by Gasteiger charge is 2.24. The van der Waals surface area contributed by atoms with Gasteiger partial charge in [-0.1, -0.05) is 19.1 Å². The van der Waals surface area contributed by atoms with Crippen molar-refractivity contribution in [2.75, 3.05) is 19.8 Å². The summed E-state index contributed by atoms with van der Waals surface area (Å²) in [5.41, 5.74) is 1.31. The summed E-state index contributed by atoms with van der Waals surface area (Å²) in [5, 5.41) is 3.61. The van der Waals surface area contributed by atoms with E-state index in [1.807, 2.05) is 0 Å². The number of rotatable bonds is 7. The molecule has 1 aliphatic heterocycles. The Morgan fingerprint density at radius 3 is 2.70 bits per heavy atom. The molecule has 0 saturated carbocycles. The van der Waals surface area contributed by atoms with Crippen LogP contribution in [0.4, 0.5) is 0 Å². The minimum absolute atomic E-state index is 0.364. The summed E-state index contributed by atoms with van der Waals surface area (Å²) in [7, 11) is 0. The third-order valence-corrected chi connectivity index (χ3v) is 4.07. The zero-order valence-corrected chi connectivity index (χ0v) is 12.9. The molecule has 3 heteroatoms. The lowest BCUT2D eigenvalue weighted by Gasteiger charge is -2.19. The SMILES string of the molecule is CCCOc1ccc(C(C)NCC2CCOC2C)cc1. The van der Waals surface area contributed by atoms with E-state index >= 15 is 0 Å². The fraction of sp³-hybridized carbons (Fsp3) is 0.647. The molecule has 0 bridgehead atoms. The van der Waals surface area contributed by atoms with Crippen LogP contribution in [-0.2, 0) is 4.74 Å². The summed E-state index contributed by atoms with van der Waals surface area (Å²) in [6.07, 6.45) is 2.60. The highest BCUT2D eigenvalue weighted by Crippen LogP contribution is 2.22. The minimum Gasteiger partial charge on any atom is -0.494 e. The highest BCUT2D eigenvalue weighted by atomic mass is 16.5. The Morgan fingerprint density at radius 1 is 1.35 bits per heavy atom. The van der Waals surface area contributed by atoms with Gasteiger partial charge >= 0.3 is 0 Å². The van der Waals surface area contributed by atoms with E-state index in [4.69, 9.17) is 9.47 Å². The van der Waals surface area contributed by atoms with Crippen LogP contribution >= 0.6 is 0 Å². The first-order valence-electron chi connectivity index (χ1n) is 7.78. The number of benzene rings is 1. The van der Waals surface area contributed by atoms with Crippen molar-refractivity contribution in [1.82, 2.24) is 5.32 Å². The predicted molar refractivity (Wildman–Crippen MR) is 82.2 cm³/mol. The van der Waals surface area contributed by atoms with E-state index in [1.165, 1.54) is 12.0 Å². The van der Waals surface area contributed by atoms with Gasteiger partial charge in [0, 0.05) is 19.2 Å². The first-order chi connectivity index (χ1) is 9.70. The second kappa shape index (κ2) is 7.65. The fourth-order valence-electron chi connectivity index (χ4n) is 2.56. The molecule has 0 radical (unpaired) electrons. The number of ether oxygens (including phenoxy) is 2. The van der Waals surface area contributed by atoms with Crippen LogP contribution in [0.25, 0.3) is 0 Å². The summed E-state index contributed by atoms with van der Waals surface area (Å²) in [5.74, 6) is 1.60. The smallest absolute Gasteiger partial charge is 0.119 e. The molecule has 0 aliphatic carbocycles. The number of hydrogen-bond donors (Lipinski definition) is 1. The Bertz CT molecular complexity index is 390. The molecule has 0 spiro atoms. The molecule has 1 fully saturated rings. The van der Waals surface area contributed by atoms with Gasteiger partial charge in [0.1, 0.15) is 5.75 Å². The molecule has 1 aromatic rings. The van der Waals surface area contributed by atoms with Gasteiger partial charge in [-0.2, -0.15) is 0 Å². The monoisotopic (exact) mass is 277 g/mol. The topological polar surface area (TPSA) is 30.5 Å². The molecule has 0 aromatic heterocycles. The molecule has 112 valence electrons. The van der Waals surface area contributed by atoms with Gasteiger partial charge in [0.2, 0.25) is 0 Å². The zero-order chi connectivity index (χ0) is 14.4. The van der Waals surface area contributed by atoms with E-state index in [9.17, 15) is 0 Å². The summed E-state index contributed by atoms with van der Waals surface area (Å²) < 4.78 is 11.2. The Labute approximate surface area is 122 Å². The molecule has 20 heavy (non-hydrogen) atoms. The minimum atomic E-state index is 0.364. The van der Waals surface area contributed by atoms with Crippen molar-refractivity contribution < 1.29 is 9.47 Å². The maximum Gasteiger partial charge on any atom is 0.119 e. The van der Waals surface area contributed by atoms with Crippen molar-refractivity contribution in [3.63, 3.8) is 0 Å². The molecule has 3 nitrogen and oxygen atoms in total. The number of nitrogens with one attached hydrogen (secondary N) is 1. The molecule has 1 saturated heterocycles. The predicted octanol–water partition coefficient (Wildman–Crippen LogP) is 3.55. The molecule has 2 rings (SSSR count). The second-order valence-corrected chi connectivity index (χ2v) is 5.67. The van der Waals surface area contributed by atoms with E-state index in [0.717, 1.165) is 31.9 Å². The van der Waals surface area contributed by atoms with E-state index in [-0.39, 0.29) is 0 Å². The standard InChI is InChI=1S/C17H27NO2/c1-4-10-20-17-7-5-15(6-8-17)13(2)18-12-16-9-11-19-14(16)3/h5-8,13-14,16,18H,4,9-12H2,1-3H3. The van der Waals surface area contributed by atoms with E-state index in [0.29, 0.717) is 18.1 Å². The van der Waals surface area contributed by atoms with Crippen molar-refractivity contribution in [1.29, 1.82) is 0 Å². The molecule has 1 aliphatic rings. The summed E-state index contributed by atoms with van der Waals surface area (Å²) in [4.78, 5) is 0. The lowest BCUT2D eigenvalue weighted by molar-refractivity contribution is 0.105. The van der Waals surface area contributed by atoms with Crippen molar-refractivity contribution in [3.05, 3.63) is 29.8 Å². The molecule has 1 N–H and O–H groups in total. The summed E-state index contributed by atoms with van der Waals surface area (Å²) >= 11 is 0. The van der Waals surface area contributed by atoms with Crippen LogP contribution in [0.2, 0.25) is 0 Å². The van der Waals surface area contributed by atoms with Gasteiger partial charge in [-0.15, -0.1) is 0 Å². The molecule has 1 heterocycles. The van der Waals surface area contributed by atoms with Crippen LogP contribution in [0.5, 0.6) is 5.75 Å². The van der Waals surface area contributed by atoms with Crippen LogP contribution in [0, 0.1) is 5.92 Å². The Kier molecular flexibility index (Phi) is 5.86. The molecular weight excluding hydrogens is 250 g/mol. The van der Waals surface area contributed by atoms with Gasteiger partial charge in [0.05, 0.1) is 12.7 Å². The molecule has 3 atom stereocenters. The quantitative estimate of drug-likeness (QED) is 0.826. The van der Waals surface area contributed by atoms with Crippen molar-refractivity contribution in [2.45, 2.75) is 45.8 Å². The Hall–Kier alpha value is -1.06. The molecule has 3 unspecified atom stereocenters. The molecule has 0 amide bonds. The van der Waals surface area contributed by atoms with Crippen LogP contribution in [0.1, 0.15) is 45.2 Å². The van der Waals surface area contributed by atoms with Gasteiger partial charge < -0.3 is 14.8 Å². The second-order valence-electron chi connectivity index (χ2n) is 5.67. The first-order valence-corrected chi connectivity index (χ1v) is 7.78. The fourth-order valence-corrected chi connectivity index (χ4v) is 2.56. The van der Waals surface area contributed by atoms with Crippen LogP contribution in [0.15, 0.2) is 24.3 Å². The third-order valence-electron chi connectivity index (χ3n) is 4.07. The largest absolute Gasteiger partial charge is 0.494 e. The van der Waals surface area contributed by atoms with Crippen molar-refractivity contribution in [3.8, 4) is 5.75 Å². The zero-order valence-electron chi connectivity index (χ0n) is 12.9. The third kappa shape index (κ3) is 4.22. The summed E-state index contributed by atoms with van der Waals surface area (Å²) in [6.45, 7) is 9.22. The maximum atomic E-state index is 5.61. The van der Waals surface area contributed by atoms with Gasteiger partial charge in [-0.3, -0.25) is 0 Å². The maximum absolute atomic E-state index is 5.61. The average molecular weight is 277 g/mol. The number of hydrogen-bond acceptors (Lipinski definition) is 3. The van der Waals surface area contributed by atoms with Gasteiger partial charge in [-0.05, 0) is 50.3 Å². The van der Waals surface area contributed by atoms with Gasteiger partial charge in [0.15, 0.2) is 0 Å². The lowest BCUT2D eigenvalue weighted by atomic mass is 10.0. The van der Waals surface area contributed by atoms with E-state index in [1.54, 1.807) is 0 Å². The van der Waals surface area contributed by atoms with Crippen molar-refractivity contribution >= 4 is 0 Å². The first kappa shape index (κ1) is 15.3. The average Bonchev–Trinajstić information content (AvgIpc) is 2.88. The van der Waals surface area contributed by atoms with Gasteiger partial charge in [-0.25, -0.2) is 0 Å². The lowest BCUT2D eigenvalue weighted by Crippen LogP contribution is -2.29. The van der Waals surface area contributed by atoms with E-state index < -0.39 is 0 Å². The Morgan fingerprint density at radius 2 is 2.10 bits per heavy atom. The molecular formula is C17H27NO2. The normalized spacial score (nSPS) is 23.8. The summed E-state index contributed by atoms with van der Waals surface area (Å²) in [6, 6.07) is 8.78. The highest BCUT2D eigenvalue weighted by molar-refractivity contribution is 5.28. The van der Waals surface area contributed by atoms with E-state index in [2.05, 4.69) is 50.4 Å². The van der Waals surface area contributed by atoms with Crippen molar-refractivity contribution in [2.24, 2.45) is 5.92 Å². The van der Waals surface area contributed by atoms with Crippen LogP contribution in [0.3, 0.4) is 0 Å². The molecule has 1 aromatic carbocycles. The van der Waals surface area contributed by atoms with Crippen LogP contribution in [-0.4, -0.2) is 25.9 Å². The van der Waals surface area contributed by atoms with Crippen LogP contribution < -0.4 is 10.1 Å².